The van der Waals surface area contributed by atoms with Crippen molar-refractivity contribution in [3.8, 4) is 5.75 Å². The molecule has 0 saturated heterocycles. The summed E-state index contributed by atoms with van der Waals surface area (Å²) in [4.78, 5) is 19.6. The summed E-state index contributed by atoms with van der Waals surface area (Å²) in [6.45, 7) is 1.53. The lowest BCUT2D eigenvalue weighted by Crippen LogP contribution is -2.13. The van der Waals surface area contributed by atoms with Gasteiger partial charge in [-0.15, -0.1) is 11.3 Å². The second kappa shape index (κ2) is 8.51. The normalized spacial score (nSPS) is 11.5. The molecule has 29 heavy (non-hydrogen) atoms. The Balaban J connectivity index is 1.68. The second-order valence-corrected chi connectivity index (χ2v) is 8.56. The summed E-state index contributed by atoms with van der Waals surface area (Å²) in [6, 6.07) is 7.10. The van der Waals surface area contributed by atoms with Gasteiger partial charge < -0.3 is 14.8 Å². The lowest BCUT2D eigenvalue weighted by molar-refractivity contribution is 0.433. The molecule has 0 aliphatic carbocycles. The van der Waals surface area contributed by atoms with Gasteiger partial charge in [-0.3, -0.25) is 4.72 Å². The molecule has 2 heterocycles. The van der Waals surface area contributed by atoms with Gasteiger partial charge in [-0.05, 0) is 43.4 Å². The summed E-state index contributed by atoms with van der Waals surface area (Å²) in [5, 5.41) is 14.5. The molecule has 0 unspecified atom stereocenters. The molecule has 0 spiro atoms. The lowest BCUT2D eigenvalue weighted by Gasteiger charge is -2.07. The minimum atomic E-state index is -3.75. The largest absolute Gasteiger partial charge is 0.507 e. The third-order valence-corrected chi connectivity index (χ3v) is 5.85. The lowest BCUT2D eigenvalue weighted by atomic mass is 10.2. The monoisotopic (exact) mass is 450 g/mol. The van der Waals surface area contributed by atoms with Crippen molar-refractivity contribution in [3.05, 3.63) is 63.7 Å². The Labute approximate surface area is 174 Å². The summed E-state index contributed by atoms with van der Waals surface area (Å²) in [6.07, 6.45) is 2.59. The molecule has 3 aromatic rings. The van der Waals surface area contributed by atoms with Crippen molar-refractivity contribution in [3.63, 3.8) is 0 Å². The van der Waals surface area contributed by atoms with Gasteiger partial charge in [0.15, 0.2) is 10.2 Å². The van der Waals surface area contributed by atoms with E-state index in [1.165, 1.54) is 54.8 Å². The Hall–Kier alpha value is -3.09. The molecule has 150 valence electrons. The number of benzene rings is 1. The topological polar surface area (TPSA) is 134 Å². The zero-order valence-electron chi connectivity index (χ0n) is 14.8. The zero-order valence-corrected chi connectivity index (χ0v) is 17.3. The standard InChI is InChI=1S/C17H14N4O5S3/c1-10-8-14(22)13(15(23)26-10)9-19-16(27)20-11-2-4-12(5-3-11)29(24,25)21-17-18-6-7-28-17/h2-9,22H,1H3,(H,18,21)(H,20,27). The molecule has 3 N–H and O–H groups in total. The predicted octanol–water partition coefficient (Wildman–Crippen LogP) is 2.73. The Morgan fingerprint density at radius 3 is 2.69 bits per heavy atom. The van der Waals surface area contributed by atoms with Crippen LogP contribution in [0.5, 0.6) is 5.75 Å². The molecule has 0 aliphatic rings. The van der Waals surface area contributed by atoms with E-state index < -0.39 is 15.6 Å². The number of thiazole rings is 1. The van der Waals surface area contributed by atoms with E-state index in [4.69, 9.17) is 16.6 Å². The highest BCUT2D eigenvalue weighted by molar-refractivity contribution is 7.93. The molecule has 0 bridgehead atoms. The number of hydrogen-bond acceptors (Lipinski definition) is 8. The number of aromatic hydroxyl groups is 1. The van der Waals surface area contributed by atoms with Crippen LogP contribution in [0, 0.1) is 6.92 Å². The SMILES string of the molecule is Cc1cc(O)c(C=NC(=S)Nc2ccc(S(=O)(=O)Nc3nccs3)cc2)c(=O)o1. The maximum atomic E-state index is 12.3. The van der Waals surface area contributed by atoms with Crippen molar-refractivity contribution in [2.24, 2.45) is 4.99 Å². The van der Waals surface area contributed by atoms with Crippen LogP contribution in [0.3, 0.4) is 0 Å². The molecule has 0 fully saturated rings. The van der Waals surface area contributed by atoms with Crippen LogP contribution in [0.4, 0.5) is 10.8 Å². The maximum absolute atomic E-state index is 12.3. The van der Waals surface area contributed by atoms with Crippen molar-refractivity contribution >= 4 is 55.7 Å². The number of aliphatic imine (C=N–C) groups is 1. The number of thiocarbonyl (C=S) groups is 1. The molecule has 0 aliphatic heterocycles. The first-order chi connectivity index (χ1) is 13.7. The molecular weight excluding hydrogens is 436 g/mol. The van der Waals surface area contributed by atoms with Crippen LogP contribution in [0.1, 0.15) is 11.3 Å². The van der Waals surface area contributed by atoms with Crippen molar-refractivity contribution in [2.45, 2.75) is 11.8 Å². The van der Waals surface area contributed by atoms with E-state index in [9.17, 15) is 18.3 Å². The summed E-state index contributed by atoms with van der Waals surface area (Å²) in [7, 11) is -3.75. The Morgan fingerprint density at radius 2 is 2.07 bits per heavy atom. The summed E-state index contributed by atoms with van der Waals surface area (Å²) < 4.78 is 31.9. The summed E-state index contributed by atoms with van der Waals surface area (Å²) in [5.74, 6) is -0.00247. The Morgan fingerprint density at radius 1 is 1.34 bits per heavy atom. The van der Waals surface area contributed by atoms with Crippen molar-refractivity contribution < 1.29 is 17.9 Å². The number of hydrogen-bond donors (Lipinski definition) is 3. The molecule has 3 rings (SSSR count). The van der Waals surface area contributed by atoms with Crippen LogP contribution in [-0.4, -0.2) is 29.8 Å². The highest BCUT2D eigenvalue weighted by Gasteiger charge is 2.15. The van der Waals surface area contributed by atoms with Gasteiger partial charge in [0.2, 0.25) is 0 Å². The van der Waals surface area contributed by atoms with E-state index in [-0.39, 0.29) is 32.2 Å². The predicted molar refractivity (Wildman–Crippen MR) is 115 cm³/mol. The molecule has 0 radical (unpaired) electrons. The molecule has 0 saturated carbocycles. The number of rotatable bonds is 5. The molecule has 0 amide bonds. The number of nitrogens with zero attached hydrogens (tertiary/aromatic N) is 2. The van der Waals surface area contributed by atoms with Crippen LogP contribution in [-0.2, 0) is 10.0 Å². The van der Waals surface area contributed by atoms with Crippen LogP contribution in [0.15, 0.2) is 61.0 Å². The zero-order chi connectivity index (χ0) is 21.0. The average molecular weight is 451 g/mol. The van der Waals surface area contributed by atoms with Gasteiger partial charge in [0.05, 0.1) is 4.90 Å². The van der Waals surface area contributed by atoms with Gasteiger partial charge in [-0.25, -0.2) is 23.2 Å². The first kappa shape index (κ1) is 20.6. The first-order valence-corrected chi connectivity index (χ1v) is 10.7. The molecule has 1 aromatic carbocycles. The molecule has 0 atom stereocenters. The minimum absolute atomic E-state index is 0.000827. The second-order valence-electron chi connectivity index (χ2n) is 5.60. The van der Waals surface area contributed by atoms with Gasteiger partial charge in [0.25, 0.3) is 10.0 Å². The van der Waals surface area contributed by atoms with E-state index in [0.29, 0.717) is 5.69 Å². The van der Waals surface area contributed by atoms with Crippen LogP contribution in [0.25, 0.3) is 0 Å². The van der Waals surface area contributed by atoms with E-state index in [2.05, 4.69) is 20.0 Å². The van der Waals surface area contributed by atoms with Crippen molar-refractivity contribution in [2.75, 3.05) is 10.0 Å². The fraction of sp³-hybridized carbons (Fsp3) is 0.0588. The number of nitrogens with one attached hydrogen (secondary N) is 2. The van der Waals surface area contributed by atoms with Crippen molar-refractivity contribution in [1.29, 1.82) is 0 Å². The molecular formula is C17H14N4O5S3. The van der Waals surface area contributed by atoms with Crippen LogP contribution < -0.4 is 15.7 Å². The third kappa shape index (κ3) is 5.25. The highest BCUT2D eigenvalue weighted by atomic mass is 32.2. The van der Waals surface area contributed by atoms with E-state index in [1.807, 2.05) is 0 Å². The van der Waals surface area contributed by atoms with Gasteiger partial charge >= 0.3 is 5.63 Å². The molecule has 2 aromatic heterocycles. The van der Waals surface area contributed by atoms with Gasteiger partial charge in [0.1, 0.15) is 17.1 Å². The average Bonchev–Trinajstić information content (AvgIpc) is 3.13. The Bertz CT molecular complexity index is 1220. The number of anilines is 2. The fourth-order valence-electron chi connectivity index (χ4n) is 2.17. The number of aryl methyl sites for hydroxylation is 1. The molecule has 12 heteroatoms. The van der Waals surface area contributed by atoms with Crippen molar-refractivity contribution in [1.82, 2.24) is 4.98 Å². The third-order valence-electron chi connectivity index (χ3n) is 3.47. The van der Waals surface area contributed by atoms with Gasteiger partial charge in [0, 0.05) is 29.5 Å². The number of aromatic nitrogens is 1. The van der Waals surface area contributed by atoms with E-state index in [1.54, 1.807) is 5.38 Å². The van der Waals surface area contributed by atoms with Crippen LogP contribution in [0.2, 0.25) is 0 Å². The number of sulfonamides is 1. The van der Waals surface area contributed by atoms with Gasteiger partial charge in [-0.2, -0.15) is 0 Å². The molecule has 9 nitrogen and oxygen atoms in total. The van der Waals surface area contributed by atoms with Gasteiger partial charge in [-0.1, -0.05) is 0 Å². The summed E-state index contributed by atoms with van der Waals surface area (Å²) >= 11 is 6.24. The Kier molecular flexibility index (Phi) is 6.06. The van der Waals surface area contributed by atoms with E-state index >= 15 is 0 Å². The highest BCUT2D eigenvalue weighted by Crippen LogP contribution is 2.19. The smallest absolute Gasteiger partial charge is 0.348 e. The summed E-state index contributed by atoms with van der Waals surface area (Å²) in [5.41, 5.74) is -0.383. The minimum Gasteiger partial charge on any atom is -0.507 e. The fourth-order valence-corrected chi connectivity index (χ4v) is 4.13. The quantitative estimate of drug-likeness (QED) is 0.399. The first-order valence-electron chi connectivity index (χ1n) is 7.96. The van der Waals surface area contributed by atoms with Crippen LogP contribution >= 0.6 is 23.6 Å². The van der Waals surface area contributed by atoms with E-state index in [0.717, 1.165) is 6.21 Å². The maximum Gasteiger partial charge on any atom is 0.348 e.